The van der Waals surface area contributed by atoms with Gasteiger partial charge in [0.15, 0.2) is 5.58 Å². The summed E-state index contributed by atoms with van der Waals surface area (Å²) < 4.78 is 42.1. The number of hydrogen-bond donors (Lipinski definition) is 1. The van der Waals surface area contributed by atoms with Gasteiger partial charge in [-0.3, -0.25) is 9.78 Å². The minimum atomic E-state index is -5.22. The standard InChI is InChI=1S/C21H12F3N3O4/c22-21(23,24)20(29)31-27-18(28)13-7-9-17-16(10-13)26-19(30-17)14-6-8-15(25-11-14)12-4-2-1-3-5-12/h1-11H,(H,27,28). The molecule has 4 aromatic rings. The Morgan fingerprint density at radius 3 is 2.42 bits per heavy atom. The maximum atomic E-state index is 12.1. The van der Waals surface area contributed by atoms with E-state index in [2.05, 4.69) is 14.8 Å². The fourth-order valence-corrected chi connectivity index (χ4v) is 2.70. The van der Waals surface area contributed by atoms with Crippen LogP contribution in [0.5, 0.6) is 0 Å². The molecule has 2 aromatic carbocycles. The highest BCUT2D eigenvalue weighted by atomic mass is 19.4. The molecule has 1 N–H and O–H groups in total. The Kier molecular flexibility index (Phi) is 5.12. The Labute approximate surface area is 172 Å². The van der Waals surface area contributed by atoms with Crippen LogP contribution >= 0.6 is 0 Å². The molecule has 0 saturated heterocycles. The van der Waals surface area contributed by atoms with Gasteiger partial charge in [0.2, 0.25) is 5.89 Å². The summed E-state index contributed by atoms with van der Waals surface area (Å²) in [5.41, 5.74) is 4.35. The molecule has 0 radical (unpaired) electrons. The number of nitrogens with one attached hydrogen (secondary N) is 1. The first-order valence-electron chi connectivity index (χ1n) is 8.82. The van der Waals surface area contributed by atoms with Crippen molar-refractivity contribution < 1.29 is 32.0 Å². The summed E-state index contributed by atoms with van der Waals surface area (Å²) in [5.74, 6) is -3.32. The third-order valence-corrected chi connectivity index (χ3v) is 4.20. The van der Waals surface area contributed by atoms with Crippen molar-refractivity contribution in [1.29, 1.82) is 0 Å². The Balaban J connectivity index is 1.52. The number of rotatable bonds is 3. The summed E-state index contributed by atoms with van der Waals surface area (Å²) in [5, 5.41) is 0. The van der Waals surface area contributed by atoms with Crippen molar-refractivity contribution in [3.63, 3.8) is 0 Å². The lowest BCUT2D eigenvalue weighted by molar-refractivity contribution is -0.204. The average Bonchev–Trinajstić information content (AvgIpc) is 3.20. The molecule has 0 spiro atoms. The van der Waals surface area contributed by atoms with Gasteiger partial charge >= 0.3 is 12.1 Å². The van der Waals surface area contributed by atoms with Gasteiger partial charge in [-0.2, -0.15) is 18.7 Å². The molecule has 0 saturated carbocycles. The molecule has 4 rings (SSSR count). The monoisotopic (exact) mass is 427 g/mol. The van der Waals surface area contributed by atoms with Crippen LogP contribution in [0.4, 0.5) is 13.2 Å². The molecule has 31 heavy (non-hydrogen) atoms. The van der Waals surface area contributed by atoms with Crippen LogP contribution in [-0.4, -0.2) is 28.0 Å². The maximum Gasteiger partial charge on any atom is 0.493 e. The van der Waals surface area contributed by atoms with E-state index in [-0.39, 0.29) is 17.0 Å². The predicted octanol–water partition coefficient (Wildman–Crippen LogP) is 4.31. The second kappa shape index (κ2) is 7.90. The van der Waals surface area contributed by atoms with Crippen LogP contribution in [0, 0.1) is 0 Å². The number of hydrogen-bond acceptors (Lipinski definition) is 6. The minimum Gasteiger partial charge on any atom is -0.436 e. The number of aromatic nitrogens is 2. The van der Waals surface area contributed by atoms with Gasteiger partial charge in [0, 0.05) is 17.3 Å². The number of pyridine rings is 1. The molecule has 1 amide bonds. The Hall–Kier alpha value is -4.21. The zero-order valence-corrected chi connectivity index (χ0v) is 15.5. The number of carbonyl (C=O) groups is 2. The first-order valence-corrected chi connectivity index (χ1v) is 8.82. The summed E-state index contributed by atoms with van der Waals surface area (Å²) in [6.07, 6.45) is -3.63. The molecule has 0 aliphatic heterocycles. The lowest BCUT2D eigenvalue weighted by atomic mass is 10.1. The third kappa shape index (κ3) is 4.37. The molecule has 2 aromatic heterocycles. The topological polar surface area (TPSA) is 94.3 Å². The van der Waals surface area contributed by atoms with Gasteiger partial charge in [0.25, 0.3) is 5.91 Å². The Bertz CT molecular complexity index is 1250. The number of oxazole rings is 1. The van der Waals surface area contributed by atoms with Crippen LogP contribution in [0.2, 0.25) is 0 Å². The van der Waals surface area contributed by atoms with Crippen molar-refractivity contribution in [3.05, 3.63) is 72.4 Å². The van der Waals surface area contributed by atoms with E-state index in [4.69, 9.17) is 4.42 Å². The normalized spacial score (nSPS) is 11.3. The average molecular weight is 427 g/mol. The van der Waals surface area contributed by atoms with E-state index in [1.165, 1.54) is 23.7 Å². The minimum absolute atomic E-state index is 0.0696. The van der Waals surface area contributed by atoms with Crippen LogP contribution in [0.15, 0.2) is 71.3 Å². The van der Waals surface area contributed by atoms with Gasteiger partial charge < -0.3 is 9.25 Å². The highest BCUT2D eigenvalue weighted by Gasteiger charge is 2.42. The molecular formula is C21H12F3N3O4. The molecule has 0 aliphatic carbocycles. The van der Waals surface area contributed by atoms with E-state index in [9.17, 15) is 22.8 Å². The predicted molar refractivity (Wildman–Crippen MR) is 102 cm³/mol. The molecule has 0 atom stereocenters. The van der Waals surface area contributed by atoms with Crippen molar-refractivity contribution in [3.8, 4) is 22.7 Å². The van der Waals surface area contributed by atoms with Crippen molar-refractivity contribution in [2.75, 3.05) is 0 Å². The van der Waals surface area contributed by atoms with E-state index < -0.39 is 18.1 Å². The summed E-state index contributed by atoms with van der Waals surface area (Å²) in [6.45, 7) is 0. The Morgan fingerprint density at radius 2 is 1.74 bits per heavy atom. The van der Waals surface area contributed by atoms with Crippen molar-refractivity contribution >= 4 is 23.0 Å². The van der Waals surface area contributed by atoms with E-state index in [0.717, 1.165) is 11.3 Å². The summed E-state index contributed by atoms with van der Waals surface area (Å²) in [4.78, 5) is 35.1. The van der Waals surface area contributed by atoms with Crippen molar-refractivity contribution in [2.24, 2.45) is 0 Å². The van der Waals surface area contributed by atoms with Crippen LogP contribution in [0.3, 0.4) is 0 Å². The van der Waals surface area contributed by atoms with Crippen LogP contribution in [0.1, 0.15) is 10.4 Å². The number of benzene rings is 2. The van der Waals surface area contributed by atoms with Gasteiger partial charge in [0.05, 0.1) is 11.3 Å². The second-order valence-corrected chi connectivity index (χ2v) is 6.32. The maximum absolute atomic E-state index is 12.1. The van der Waals surface area contributed by atoms with E-state index in [1.54, 1.807) is 12.3 Å². The third-order valence-electron chi connectivity index (χ3n) is 4.20. The number of amides is 1. The van der Waals surface area contributed by atoms with Crippen molar-refractivity contribution in [2.45, 2.75) is 6.18 Å². The second-order valence-electron chi connectivity index (χ2n) is 6.32. The molecule has 0 fully saturated rings. The molecular weight excluding hydrogens is 415 g/mol. The highest BCUT2D eigenvalue weighted by Crippen LogP contribution is 2.26. The lowest BCUT2D eigenvalue weighted by Gasteiger charge is -2.07. The molecule has 0 unspecified atom stereocenters. The fraction of sp³-hybridized carbons (Fsp3) is 0.0476. The molecule has 2 heterocycles. The zero-order chi connectivity index (χ0) is 22.0. The first-order chi connectivity index (χ1) is 14.8. The molecule has 0 bridgehead atoms. The zero-order valence-electron chi connectivity index (χ0n) is 15.5. The van der Waals surface area contributed by atoms with Crippen LogP contribution in [0.25, 0.3) is 33.8 Å². The van der Waals surface area contributed by atoms with Gasteiger partial charge in [0.1, 0.15) is 5.52 Å². The van der Waals surface area contributed by atoms with Gasteiger partial charge in [-0.15, -0.1) is 0 Å². The van der Waals surface area contributed by atoms with Gasteiger partial charge in [-0.05, 0) is 30.3 Å². The summed E-state index contributed by atoms with van der Waals surface area (Å²) >= 11 is 0. The molecule has 156 valence electrons. The SMILES string of the molecule is O=C(NOC(=O)C(F)(F)F)c1ccc2oc(-c3ccc(-c4ccccc4)nc3)nc2c1. The van der Waals surface area contributed by atoms with Gasteiger partial charge in [-0.25, -0.2) is 9.78 Å². The molecule has 0 aliphatic rings. The lowest BCUT2D eigenvalue weighted by Crippen LogP contribution is -2.34. The number of alkyl halides is 3. The number of carbonyl (C=O) groups excluding carboxylic acids is 2. The quantitative estimate of drug-likeness (QED) is 0.490. The Morgan fingerprint density at radius 1 is 0.968 bits per heavy atom. The fourth-order valence-electron chi connectivity index (χ4n) is 2.70. The summed E-state index contributed by atoms with van der Waals surface area (Å²) in [6, 6.07) is 17.2. The van der Waals surface area contributed by atoms with Crippen LogP contribution in [-0.2, 0) is 9.63 Å². The molecule has 10 heteroatoms. The first kappa shape index (κ1) is 20.1. The largest absolute Gasteiger partial charge is 0.493 e. The van der Waals surface area contributed by atoms with E-state index >= 15 is 0 Å². The highest BCUT2D eigenvalue weighted by molar-refractivity contribution is 5.97. The van der Waals surface area contributed by atoms with E-state index in [0.29, 0.717) is 11.1 Å². The smallest absolute Gasteiger partial charge is 0.436 e. The van der Waals surface area contributed by atoms with Crippen LogP contribution < -0.4 is 5.48 Å². The van der Waals surface area contributed by atoms with Gasteiger partial charge in [-0.1, -0.05) is 30.3 Å². The number of halogens is 3. The molecule has 7 nitrogen and oxygen atoms in total. The van der Waals surface area contributed by atoms with E-state index in [1.807, 2.05) is 36.4 Å². The number of fused-ring (bicyclic) bond motifs is 1. The summed E-state index contributed by atoms with van der Waals surface area (Å²) in [7, 11) is 0. The van der Waals surface area contributed by atoms with Crippen molar-refractivity contribution in [1.82, 2.24) is 15.4 Å². The number of nitrogens with zero attached hydrogens (tertiary/aromatic N) is 2. The number of hydroxylamine groups is 1.